The molecule has 4 heteroatoms. The molecule has 0 aliphatic rings. The van der Waals surface area contributed by atoms with Crippen molar-refractivity contribution in [1.82, 2.24) is 4.98 Å². The smallest absolute Gasteiger partial charge is 0.162 e. The van der Waals surface area contributed by atoms with Gasteiger partial charge in [-0.1, -0.05) is 6.92 Å². The van der Waals surface area contributed by atoms with Crippen LogP contribution in [0.5, 0.6) is 0 Å². The van der Waals surface area contributed by atoms with Crippen molar-refractivity contribution in [2.75, 3.05) is 11.9 Å². The van der Waals surface area contributed by atoms with E-state index >= 15 is 0 Å². The fourth-order valence-electron chi connectivity index (χ4n) is 1.76. The van der Waals surface area contributed by atoms with Gasteiger partial charge in [-0.15, -0.1) is 11.3 Å². The molecule has 0 spiro atoms. The Hall–Kier alpha value is -1.68. The lowest BCUT2D eigenvalue weighted by molar-refractivity contribution is 0.0988. The zero-order valence-electron chi connectivity index (χ0n) is 10.6. The highest BCUT2D eigenvalue weighted by molar-refractivity contribution is 7.07. The van der Waals surface area contributed by atoms with E-state index < -0.39 is 0 Å². The summed E-state index contributed by atoms with van der Waals surface area (Å²) in [5, 5.41) is 2.05. The Labute approximate surface area is 111 Å². The fraction of sp³-hybridized carbons (Fsp3) is 0.286. The number of rotatable bonds is 5. The summed E-state index contributed by atoms with van der Waals surface area (Å²) in [7, 11) is 2.02. The minimum atomic E-state index is 0.184. The maximum atomic E-state index is 11.5. The molecule has 0 unspecified atom stereocenters. The number of anilines is 1. The molecular weight excluding hydrogens is 244 g/mol. The molecule has 94 valence electrons. The normalized spacial score (nSPS) is 10.3. The van der Waals surface area contributed by atoms with Gasteiger partial charge in [0.25, 0.3) is 0 Å². The molecular formula is C14H16N2OS. The number of ketones is 1. The summed E-state index contributed by atoms with van der Waals surface area (Å²) in [6.45, 7) is 2.66. The highest BCUT2D eigenvalue weighted by Gasteiger charge is 2.06. The van der Waals surface area contributed by atoms with Crippen molar-refractivity contribution < 1.29 is 4.79 Å². The van der Waals surface area contributed by atoms with E-state index in [2.05, 4.69) is 9.88 Å². The van der Waals surface area contributed by atoms with Crippen LogP contribution in [0.1, 0.15) is 29.4 Å². The lowest BCUT2D eigenvalue weighted by Gasteiger charge is -2.18. The first-order valence-corrected chi connectivity index (χ1v) is 6.86. The Kier molecular flexibility index (Phi) is 4.10. The number of benzene rings is 1. The molecule has 1 heterocycles. The van der Waals surface area contributed by atoms with Gasteiger partial charge in [-0.05, 0) is 24.3 Å². The maximum absolute atomic E-state index is 11.5. The van der Waals surface area contributed by atoms with E-state index in [4.69, 9.17) is 0 Å². The fourth-order valence-corrected chi connectivity index (χ4v) is 2.31. The molecule has 0 saturated heterocycles. The van der Waals surface area contributed by atoms with Crippen LogP contribution < -0.4 is 4.90 Å². The molecule has 1 aromatic heterocycles. The minimum absolute atomic E-state index is 0.184. The third-order valence-electron chi connectivity index (χ3n) is 2.83. The second-order valence-electron chi connectivity index (χ2n) is 4.16. The lowest BCUT2D eigenvalue weighted by Crippen LogP contribution is -2.16. The monoisotopic (exact) mass is 260 g/mol. The van der Waals surface area contributed by atoms with Crippen LogP contribution in [0.15, 0.2) is 35.2 Å². The van der Waals surface area contributed by atoms with Gasteiger partial charge in [0.2, 0.25) is 0 Å². The summed E-state index contributed by atoms with van der Waals surface area (Å²) in [6, 6.07) is 7.74. The van der Waals surface area contributed by atoms with E-state index in [1.54, 1.807) is 11.3 Å². The Morgan fingerprint density at radius 1 is 1.33 bits per heavy atom. The van der Waals surface area contributed by atoms with Crippen LogP contribution in [0.2, 0.25) is 0 Å². The third kappa shape index (κ3) is 2.96. The topological polar surface area (TPSA) is 33.2 Å². The molecule has 0 aliphatic heterocycles. The van der Waals surface area contributed by atoms with E-state index in [-0.39, 0.29) is 5.78 Å². The molecule has 2 aromatic rings. The SMILES string of the molecule is CCC(=O)c1ccc(N(C)Cc2cscn2)cc1. The molecule has 3 nitrogen and oxygen atoms in total. The standard InChI is InChI=1S/C14H16N2OS/c1-3-14(17)11-4-6-13(7-5-11)16(2)8-12-9-18-10-15-12/h4-7,9-10H,3,8H2,1-2H3. The van der Waals surface area contributed by atoms with Crippen LogP contribution in [0.25, 0.3) is 0 Å². The highest BCUT2D eigenvalue weighted by Crippen LogP contribution is 2.17. The number of carbonyl (C=O) groups is 1. The molecule has 0 radical (unpaired) electrons. The maximum Gasteiger partial charge on any atom is 0.162 e. The molecule has 0 amide bonds. The first kappa shape index (κ1) is 12.8. The van der Waals surface area contributed by atoms with Crippen LogP contribution in [0.3, 0.4) is 0 Å². The second-order valence-corrected chi connectivity index (χ2v) is 4.88. The number of hydrogen-bond donors (Lipinski definition) is 0. The minimum Gasteiger partial charge on any atom is -0.369 e. The van der Waals surface area contributed by atoms with Crippen molar-refractivity contribution in [3.63, 3.8) is 0 Å². The van der Waals surface area contributed by atoms with Gasteiger partial charge in [0.1, 0.15) is 0 Å². The van der Waals surface area contributed by atoms with E-state index in [1.807, 2.05) is 49.1 Å². The van der Waals surface area contributed by atoms with Gasteiger partial charge in [-0.25, -0.2) is 4.98 Å². The Morgan fingerprint density at radius 2 is 2.06 bits per heavy atom. The first-order chi connectivity index (χ1) is 8.70. The van der Waals surface area contributed by atoms with Crippen LogP contribution in [-0.2, 0) is 6.54 Å². The predicted octanol–water partition coefficient (Wildman–Crippen LogP) is 3.37. The molecule has 2 rings (SSSR count). The van der Waals surface area contributed by atoms with Crippen LogP contribution in [0.4, 0.5) is 5.69 Å². The Bertz CT molecular complexity index is 505. The third-order valence-corrected chi connectivity index (χ3v) is 3.47. The average Bonchev–Trinajstić information content (AvgIpc) is 2.91. The number of thiazole rings is 1. The first-order valence-electron chi connectivity index (χ1n) is 5.92. The number of carbonyl (C=O) groups excluding carboxylic acids is 1. The summed E-state index contributed by atoms with van der Waals surface area (Å²) < 4.78 is 0. The van der Waals surface area contributed by atoms with Crippen molar-refractivity contribution in [3.05, 3.63) is 46.4 Å². The van der Waals surface area contributed by atoms with E-state index in [0.29, 0.717) is 6.42 Å². The van der Waals surface area contributed by atoms with Gasteiger partial charge in [-0.3, -0.25) is 4.79 Å². The summed E-state index contributed by atoms with van der Waals surface area (Å²) in [4.78, 5) is 17.9. The van der Waals surface area contributed by atoms with Gasteiger partial charge in [0, 0.05) is 30.1 Å². The van der Waals surface area contributed by atoms with Crippen LogP contribution >= 0.6 is 11.3 Å². The zero-order chi connectivity index (χ0) is 13.0. The molecule has 1 aromatic carbocycles. The van der Waals surface area contributed by atoms with Crippen molar-refractivity contribution in [1.29, 1.82) is 0 Å². The van der Waals surface area contributed by atoms with Crippen LogP contribution in [-0.4, -0.2) is 17.8 Å². The molecule has 0 aliphatic carbocycles. The Balaban J connectivity index is 2.07. The van der Waals surface area contributed by atoms with Gasteiger partial charge >= 0.3 is 0 Å². The number of hydrogen-bond acceptors (Lipinski definition) is 4. The number of Topliss-reactive ketones (excluding diaryl/α,β-unsaturated/α-hetero) is 1. The van der Waals surface area contributed by atoms with Gasteiger partial charge < -0.3 is 4.90 Å². The zero-order valence-corrected chi connectivity index (χ0v) is 11.4. The number of nitrogens with zero attached hydrogens (tertiary/aromatic N) is 2. The molecule has 0 N–H and O–H groups in total. The lowest BCUT2D eigenvalue weighted by atomic mass is 10.1. The second kappa shape index (κ2) is 5.78. The van der Waals surface area contributed by atoms with Gasteiger partial charge in [-0.2, -0.15) is 0 Å². The number of aromatic nitrogens is 1. The summed E-state index contributed by atoms with van der Waals surface area (Å²) in [5.41, 5.74) is 4.78. The molecule has 0 saturated carbocycles. The van der Waals surface area contributed by atoms with Gasteiger partial charge in [0.15, 0.2) is 5.78 Å². The Morgan fingerprint density at radius 3 is 2.61 bits per heavy atom. The summed E-state index contributed by atoms with van der Waals surface area (Å²) >= 11 is 1.60. The largest absolute Gasteiger partial charge is 0.369 e. The quantitative estimate of drug-likeness (QED) is 0.773. The molecule has 0 fully saturated rings. The predicted molar refractivity (Wildman–Crippen MR) is 75.3 cm³/mol. The average molecular weight is 260 g/mol. The van der Waals surface area contributed by atoms with Crippen molar-refractivity contribution in [2.24, 2.45) is 0 Å². The van der Waals surface area contributed by atoms with Crippen LogP contribution in [0, 0.1) is 0 Å². The summed E-state index contributed by atoms with van der Waals surface area (Å²) in [6.07, 6.45) is 0.550. The van der Waals surface area contributed by atoms with Crippen molar-refractivity contribution >= 4 is 22.8 Å². The molecule has 0 bridgehead atoms. The van der Waals surface area contributed by atoms with E-state index in [0.717, 1.165) is 23.5 Å². The van der Waals surface area contributed by atoms with E-state index in [1.165, 1.54) is 0 Å². The highest BCUT2D eigenvalue weighted by atomic mass is 32.1. The molecule has 0 atom stereocenters. The van der Waals surface area contributed by atoms with Crippen molar-refractivity contribution in [2.45, 2.75) is 19.9 Å². The van der Waals surface area contributed by atoms with E-state index in [9.17, 15) is 4.79 Å². The van der Waals surface area contributed by atoms with Gasteiger partial charge in [0.05, 0.1) is 17.7 Å². The molecule has 18 heavy (non-hydrogen) atoms. The van der Waals surface area contributed by atoms with Crippen molar-refractivity contribution in [3.8, 4) is 0 Å². The summed E-state index contributed by atoms with van der Waals surface area (Å²) in [5.74, 6) is 0.184.